The number of fused-ring (bicyclic) bond motifs is 1. The average Bonchev–Trinajstić information content (AvgIpc) is 3.00. The molecule has 0 saturated carbocycles. The van der Waals surface area contributed by atoms with Crippen molar-refractivity contribution in [2.75, 3.05) is 0 Å². The molecule has 26 heavy (non-hydrogen) atoms. The molecule has 0 aliphatic heterocycles. The Morgan fingerprint density at radius 2 is 1.81 bits per heavy atom. The molecule has 2 unspecified atom stereocenters. The fourth-order valence-electron chi connectivity index (χ4n) is 3.22. The molecule has 0 spiro atoms. The van der Waals surface area contributed by atoms with E-state index in [2.05, 4.69) is 29.8 Å². The molecular weight excluding hydrogens is 322 g/mol. The summed E-state index contributed by atoms with van der Waals surface area (Å²) in [5.74, 6) is 1.40. The lowest BCUT2D eigenvalue weighted by molar-refractivity contribution is 0.0937. The maximum Gasteiger partial charge on any atom is 0.252 e. The average molecular weight is 349 g/mol. The van der Waals surface area contributed by atoms with Crippen LogP contribution in [-0.2, 0) is 6.54 Å². The number of para-hydroxylation sites is 2. The second kappa shape index (κ2) is 7.73. The van der Waals surface area contributed by atoms with E-state index in [9.17, 15) is 4.79 Å². The molecule has 3 rings (SSSR count). The first-order chi connectivity index (χ1) is 12.5. The Kier molecular flexibility index (Phi) is 5.40. The second-order valence-electron chi connectivity index (χ2n) is 7.09. The summed E-state index contributed by atoms with van der Waals surface area (Å²) < 4.78 is 2.26. The monoisotopic (exact) mass is 349 g/mol. The predicted octanol–water partition coefficient (Wildman–Crippen LogP) is 4.88. The van der Waals surface area contributed by atoms with Crippen LogP contribution in [0.1, 0.15) is 55.0 Å². The van der Waals surface area contributed by atoms with Gasteiger partial charge in [0.05, 0.1) is 17.1 Å². The van der Waals surface area contributed by atoms with Gasteiger partial charge in [0.2, 0.25) is 0 Å². The van der Waals surface area contributed by atoms with Gasteiger partial charge in [-0.2, -0.15) is 0 Å². The third-order valence-electron chi connectivity index (χ3n) is 5.00. The van der Waals surface area contributed by atoms with E-state index in [1.54, 1.807) is 0 Å². The maximum absolute atomic E-state index is 12.7. The highest BCUT2D eigenvalue weighted by atomic mass is 16.1. The van der Waals surface area contributed by atoms with Crippen LogP contribution in [0.4, 0.5) is 0 Å². The van der Waals surface area contributed by atoms with Gasteiger partial charge in [0.25, 0.3) is 5.91 Å². The van der Waals surface area contributed by atoms with E-state index < -0.39 is 0 Å². The van der Waals surface area contributed by atoms with Gasteiger partial charge in [-0.1, -0.05) is 50.6 Å². The van der Waals surface area contributed by atoms with Crippen molar-refractivity contribution >= 4 is 16.9 Å². The number of hydrogen-bond acceptors (Lipinski definition) is 2. The van der Waals surface area contributed by atoms with Crippen molar-refractivity contribution in [2.24, 2.45) is 5.92 Å². The number of benzene rings is 2. The van der Waals surface area contributed by atoms with E-state index in [0.717, 1.165) is 35.4 Å². The third-order valence-corrected chi connectivity index (χ3v) is 5.00. The molecule has 0 aliphatic carbocycles. The minimum absolute atomic E-state index is 0.0576. The number of aryl methyl sites for hydroxylation is 1. The second-order valence-corrected chi connectivity index (χ2v) is 7.09. The Morgan fingerprint density at radius 3 is 2.54 bits per heavy atom. The number of carbonyl (C=O) groups is 1. The highest BCUT2D eigenvalue weighted by Crippen LogP contribution is 2.23. The Bertz CT molecular complexity index is 913. The minimum Gasteiger partial charge on any atom is -0.342 e. The highest BCUT2D eigenvalue weighted by molar-refractivity contribution is 5.95. The van der Waals surface area contributed by atoms with Crippen LogP contribution in [0.5, 0.6) is 0 Å². The van der Waals surface area contributed by atoms with Crippen molar-refractivity contribution in [2.45, 2.75) is 46.7 Å². The predicted molar refractivity (Wildman–Crippen MR) is 106 cm³/mol. The number of nitrogens with zero attached hydrogens (tertiary/aromatic N) is 2. The lowest BCUT2D eigenvalue weighted by Gasteiger charge is -2.19. The molecule has 0 fully saturated rings. The fraction of sp³-hybridized carbons (Fsp3) is 0.364. The van der Waals surface area contributed by atoms with Crippen molar-refractivity contribution in [1.29, 1.82) is 0 Å². The molecule has 0 aliphatic rings. The summed E-state index contributed by atoms with van der Waals surface area (Å²) >= 11 is 0. The van der Waals surface area contributed by atoms with Gasteiger partial charge in [-0.05, 0) is 43.5 Å². The van der Waals surface area contributed by atoms with Crippen molar-refractivity contribution < 1.29 is 4.79 Å². The number of carbonyl (C=O) groups excluding carboxylic acids is 1. The third kappa shape index (κ3) is 3.64. The van der Waals surface area contributed by atoms with Crippen LogP contribution >= 0.6 is 0 Å². The van der Waals surface area contributed by atoms with Crippen LogP contribution < -0.4 is 5.32 Å². The van der Waals surface area contributed by atoms with Crippen LogP contribution in [0.2, 0.25) is 0 Å². The topological polar surface area (TPSA) is 46.9 Å². The SMILES string of the molecule is CCC(C)Cn1c(C(C)NC(=O)c2ccccc2C)nc2ccccc21. The zero-order valence-corrected chi connectivity index (χ0v) is 16.0. The first-order valence-corrected chi connectivity index (χ1v) is 9.33. The smallest absolute Gasteiger partial charge is 0.252 e. The first-order valence-electron chi connectivity index (χ1n) is 9.33. The van der Waals surface area contributed by atoms with Crippen LogP contribution in [0.3, 0.4) is 0 Å². The fourth-order valence-corrected chi connectivity index (χ4v) is 3.22. The summed E-state index contributed by atoms with van der Waals surface area (Å²) in [5.41, 5.74) is 3.79. The number of amides is 1. The Balaban J connectivity index is 1.92. The van der Waals surface area contributed by atoms with Gasteiger partial charge < -0.3 is 9.88 Å². The minimum atomic E-state index is -0.168. The van der Waals surface area contributed by atoms with Gasteiger partial charge in [0, 0.05) is 12.1 Å². The van der Waals surface area contributed by atoms with Gasteiger partial charge in [-0.15, -0.1) is 0 Å². The molecule has 3 aromatic rings. The van der Waals surface area contributed by atoms with E-state index in [0.29, 0.717) is 11.5 Å². The lowest BCUT2D eigenvalue weighted by Crippen LogP contribution is -2.29. The summed E-state index contributed by atoms with van der Waals surface area (Å²) in [4.78, 5) is 17.5. The van der Waals surface area contributed by atoms with Crippen LogP contribution in [-0.4, -0.2) is 15.5 Å². The molecule has 1 heterocycles. The number of hydrogen-bond donors (Lipinski definition) is 1. The van der Waals surface area contributed by atoms with Gasteiger partial charge in [-0.25, -0.2) is 4.98 Å². The molecule has 4 nitrogen and oxygen atoms in total. The Morgan fingerprint density at radius 1 is 1.12 bits per heavy atom. The van der Waals surface area contributed by atoms with Crippen molar-refractivity contribution in [3.8, 4) is 0 Å². The largest absolute Gasteiger partial charge is 0.342 e. The van der Waals surface area contributed by atoms with Gasteiger partial charge >= 0.3 is 0 Å². The number of nitrogens with one attached hydrogen (secondary N) is 1. The van der Waals surface area contributed by atoms with Crippen molar-refractivity contribution in [3.63, 3.8) is 0 Å². The molecule has 0 saturated heterocycles. The van der Waals surface area contributed by atoms with E-state index in [4.69, 9.17) is 4.98 Å². The number of rotatable bonds is 6. The standard InChI is InChI=1S/C22H27N3O/c1-5-15(2)14-25-20-13-9-8-12-19(20)24-21(25)17(4)23-22(26)18-11-7-6-10-16(18)3/h6-13,15,17H,5,14H2,1-4H3,(H,23,26). The molecular formula is C22H27N3O. The summed E-state index contributed by atoms with van der Waals surface area (Å²) in [7, 11) is 0. The molecule has 1 amide bonds. The summed E-state index contributed by atoms with van der Waals surface area (Å²) in [6, 6.07) is 15.7. The summed E-state index contributed by atoms with van der Waals surface area (Å²) in [6.45, 7) is 9.31. The van der Waals surface area contributed by atoms with E-state index in [1.165, 1.54) is 0 Å². The summed E-state index contributed by atoms with van der Waals surface area (Å²) in [5, 5.41) is 3.12. The van der Waals surface area contributed by atoms with Crippen molar-refractivity contribution in [1.82, 2.24) is 14.9 Å². The number of aromatic nitrogens is 2. The van der Waals surface area contributed by atoms with Gasteiger partial charge in [-0.3, -0.25) is 4.79 Å². The van der Waals surface area contributed by atoms with E-state index >= 15 is 0 Å². The van der Waals surface area contributed by atoms with Gasteiger partial charge in [0.1, 0.15) is 5.82 Å². The van der Waals surface area contributed by atoms with E-state index in [1.807, 2.05) is 56.3 Å². The maximum atomic E-state index is 12.7. The molecule has 0 bridgehead atoms. The molecule has 2 atom stereocenters. The Hall–Kier alpha value is -2.62. The summed E-state index contributed by atoms with van der Waals surface area (Å²) in [6.07, 6.45) is 1.11. The normalized spacial score (nSPS) is 13.5. The highest BCUT2D eigenvalue weighted by Gasteiger charge is 2.20. The van der Waals surface area contributed by atoms with E-state index in [-0.39, 0.29) is 11.9 Å². The van der Waals surface area contributed by atoms with Crippen molar-refractivity contribution in [3.05, 3.63) is 65.5 Å². The molecule has 4 heteroatoms. The van der Waals surface area contributed by atoms with Gasteiger partial charge in [0.15, 0.2) is 0 Å². The Labute approximate surface area is 155 Å². The lowest BCUT2D eigenvalue weighted by atomic mass is 10.1. The molecule has 2 aromatic carbocycles. The molecule has 0 radical (unpaired) electrons. The number of imidazole rings is 1. The molecule has 136 valence electrons. The zero-order chi connectivity index (χ0) is 18.7. The van der Waals surface area contributed by atoms with Crippen LogP contribution in [0.15, 0.2) is 48.5 Å². The molecule has 1 N–H and O–H groups in total. The van der Waals surface area contributed by atoms with Crippen LogP contribution in [0.25, 0.3) is 11.0 Å². The molecule has 1 aromatic heterocycles. The first kappa shape index (κ1) is 18.2. The zero-order valence-electron chi connectivity index (χ0n) is 16.0. The van der Waals surface area contributed by atoms with Crippen LogP contribution in [0, 0.1) is 12.8 Å². The quantitative estimate of drug-likeness (QED) is 0.689.